The number of fused-ring (bicyclic) bond motifs is 1. The van der Waals surface area contributed by atoms with Gasteiger partial charge in [0.05, 0.1) is 10.6 Å². The molecule has 212 valence electrons. The second-order valence-corrected chi connectivity index (χ2v) is 10.9. The Hall–Kier alpha value is -3.50. The molecule has 0 radical (unpaired) electrons. The molecule has 3 aromatic rings. The first-order valence-corrected chi connectivity index (χ1v) is 13.7. The van der Waals surface area contributed by atoms with Crippen molar-refractivity contribution in [3.63, 3.8) is 0 Å². The highest BCUT2D eigenvalue weighted by atomic mass is 35.5. The first-order valence-electron chi connectivity index (χ1n) is 13.3. The molecule has 0 saturated carbocycles. The van der Waals surface area contributed by atoms with Gasteiger partial charge in [0.15, 0.2) is 5.82 Å². The van der Waals surface area contributed by atoms with Crippen LogP contribution in [0.25, 0.3) is 22.0 Å². The number of likely N-dealkylation sites (N-methyl/N-ethyl adjacent to an activating group) is 1. The maximum atomic E-state index is 16.3. The molecule has 0 aliphatic carbocycles. The standard InChI is InChI=1S/C29H32ClF2N5O3/c1-5-23(39)36-13-17(3)37(14-16(36)2)28-19-12-20(30)24(25-21(31)9-6-10-22(25)38)26(32)27(19)33-29(34-28)40-15-18-8-7-11-35(18)4/h5-6,9-10,12,16-18,38H,1,7-8,11,13-15H2,2-4H3/t16-,17+,18+/m1/s1. The average Bonchev–Trinajstić information content (AvgIpc) is 3.34. The number of rotatable bonds is 6. The number of aromatic hydroxyl groups is 1. The molecular formula is C29H32ClF2N5O3. The minimum atomic E-state index is -0.893. The van der Waals surface area contributed by atoms with E-state index in [4.69, 9.17) is 21.3 Å². The van der Waals surface area contributed by atoms with Crippen molar-refractivity contribution in [1.29, 1.82) is 0 Å². The van der Waals surface area contributed by atoms with Crippen LogP contribution in [0.1, 0.15) is 26.7 Å². The molecule has 1 aromatic heterocycles. The Balaban J connectivity index is 1.65. The van der Waals surface area contributed by atoms with Crippen LogP contribution < -0.4 is 9.64 Å². The summed E-state index contributed by atoms with van der Waals surface area (Å²) in [5.74, 6) is -1.92. The molecule has 3 atom stereocenters. The van der Waals surface area contributed by atoms with Gasteiger partial charge in [-0.2, -0.15) is 9.97 Å². The van der Waals surface area contributed by atoms with E-state index in [1.807, 2.05) is 25.8 Å². The van der Waals surface area contributed by atoms with Gasteiger partial charge in [-0.15, -0.1) is 0 Å². The number of carbonyl (C=O) groups excluding carboxylic acids is 1. The van der Waals surface area contributed by atoms with E-state index >= 15 is 4.39 Å². The number of carbonyl (C=O) groups is 1. The molecule has 2 aliphatic heterocycles. The van der Waals surface area contributed by atoms with E-state index in [1.165, 1.54) is 24.3 Å². The van der Waals surface area contributed by atoms with Crippen molar-refractivity contribution < 1.29 is 23.4 Å². The Morgan fingerprint density at radius 1 is 1.23 bits per heavy atom. The first kappa shape index (κ1) is 28.0. The molecule has 8 nitrogen and oxygen atoms in total. The van der Waals surface area contributed by atoms with E-state index in [0.29, 0.717) is 30.9 Å². The summed E-state index contributed by atoms with van der Waals surface area (Å²) in [5, 5.41) is 10.6. The average molecular weight is 572 g/mol. The molecule has 0 bridgehead atoms. The molecule has 0 spiro atoms. The van der Waals surface area contributed by atoms with Crippen molar-refractivity contribution in [2.24, 2.45) is 0 Å². The molecule has 5 rings (SSSR count). The van der Waals surface area contributed by atoms with Gasteiger partial charge in [-0.1, -0.05) is 24.2 Å². The number of aromatic nitrogens is 2. The van der Waals surface area contributed by atoms with Crippen LogP contribution in [0.3, 0.4) is 0 Å². The minimum absolute atomic E-state index is 0.0165. The number of likely N-dealkylation sites (tertiary alicyclic amines) is 1. The van der Waals surface area contributed by atoms with Crippen LogP contribution >= 0.6 is 11.6 Å². The van der Waals surface area contributed by atoms with Crippen molar-refractivity contribution in [3.05, 3.63) is 53.6 Å². The molecule has 11 heteroatoms. The number of hydrogen-bond acceptors (Lipinski definition) is 7. The van der Waals surface area contributed by atoms with Gasteiger partial charge in [0.1, 0.15) is 29.5 Å². The van der Waals surface area contributed by atoms with E-state index in [1.54, 1.807) is 4.90 Å². The largest absolute Gasteiger partial charge is 0.507 e. The summed E-state index contributed by atoms with van der Waals surface area (Å²) in [7, 11) is 2.02. The topological polar surface area (TPSA) is 82.0 Å². The third-order valence-corrected chi connectivity index (χ3v) is 8.17. The van der Waals surface area contributed by atoms with Crippen molar-refractivity contribution >= 4 is 34.2 Å². The van der Waals surface area contributed by atoms with Crippen LogP contribution in [0.5, 0.6) is 11.8 Å². The van der Waals surface area contributed by atoms with Crippen LogP contribution in [0.15, 0.2) is 36.9 Å². The fourth-order valence-electron chi connectivity index (χ4n) is 5.64. The molecule has 2 aromatic carbocycles. The molecule has 2 aliphatic rings. The SMILES string of the molecule is C=CC(=O)N1C[C@H](C)N(c2nc(OC[C@@H]3CCCN3C)nc3c(F)c(-c4c(O)cccc4F)c(Cl)cc23)C[C@H]1C. The lowest BCUT2D eigenvalue weighted by Gasteiger charge is -2.44. The predicted molar refractivity (Wildman–Crippen MR) is 151 cm³/mol. The fourth-order valence-corrected chi connectivity index (χ4v) is 5.93. The fraction of sp³-hybridized carbons (Fsp3) is 0.414. The van der Waals surface area contributed by atoms with Gasteiger partial charge in [-0.25, -0.2) is 8.78 Å². The van der Waals surface area contributed by atoms with Gasteiger partial charge in [-0.3, -0.25) is 4.79 Å². The predicted octanol–water partition coefficient (Wildman–Crippen LogP) is 5.02. The number of benzene rings is 2. The highest BCUT2D eigenvalue weighted by Gasteiger charge is 2.34. The first-order chi connectivity index (χ1) is 19.1. The smallest absolute Gasteiger partial charge is 0.319 e. The Morgan fingerprint density at radius 2 is 2.00 bits per heavy atom. The van der Waals surface area contributed by atoms with Crippen LogP contribution in [-0.4, -0.2) is 82.2 Å². The second-order valence-electron chi connectivity index (χ2n) is 10.5. The summed E-state index contributed by atoms with van der Waals surface area (Å²) in [6.45, 7) is 9.56. The van der Waals surface area contributed by atoms with E-state index in [9.17, 15) is 14.3 Å². The van der Waals surface area contributed by atoms with Gasteiger partial charge in [0, 0.05) is 42.2 Å². The van der Waals surface area contributed by atoms with Crippen LogP contribution in [-0.2, 0) is 4.79 Å². The molecular weight excluding hydrogens is 540 g/mol. The number of piperazine rings is 1. The van der Waals surface area contributed by atoms with Crippen molar-refractivity contribution in [1.82, 2.24) is 19.8 Å². The molecule has 1 amide bonds. The zero-order valence-electron chi connectivity index (χ0n) is 22.7. The lowest BCUT2D eigenvalue weighted by molar-refractivity contribution is -0.128. The van der Waals surface area contributed by atoms with Gasteiger partial charge in [-0.05, 0) is 64.6 Å². The molecule has 2 fully saturated rings. The minimum Gasteiger partial charge on any atom is -0.507 e. The Labute approximate surface area is 236 Å². The summed E-state index contributed by atoms with van der Waals surface area (Å²) in [4.78, 5) is 27.4. The molecule has 0 unspecified atom stereocenters. The normalized spacial score (nSPS) is 21.7. The van der Waals surface area contributed by atoms with Gasteiger partial charge in [0.25, 0.3) is 0 Å². The number of amides is 1. The molecule has 40 heavy (non-hydrogen) atoms. The Bertz CT molecular complexity index is 1450. The van der Waals surface area contributed by atoms with Crippen molar-refractivity contribution in [3.8, 4) is 22.9 Å². The molecule has 1 N–H and O–H groups in total. The molecule has 2 saturated heterocycles. The maximum absolute atomic E-state index is 16.3. The summed E-state index contributed by atoms with van der Waals surface area (Å²) < 4.78 is 37.1. The van der Waals surface area contributed by atoms with E-state index in [0.717, 1.165) is 25.5 Å². The quantitative estimate of drug-likeness (QED) is 0.416. The number of phenols is 1. The summed E-state index contributed by atoms with van der Waals surface area (Å²) in [6.07, 6.45) is 3.31. The van der Waals surface area contributed by atoms with Crippen molar-refractivity contribution in [2.75, 3.05) is 38.2 Å². The number of hydrogen-bond donors (Lipinski definition) is 1. The number of phenolic OH excluding ortho intramolecular Hbond substituents is 1. The third kappa shape index (κ3) is 5.06. The number of nitrogens with zero attached hydrogens (tertiary/aromatic N) is 5. The summed E-state index contributed by atoms with van der Waals surface area (Å²) in [5.41, 5.74) is -0.745. The highest BCUT2D eigenvalue weighted by molar-refractivity contribution is 6.34. The zero-order valence-corrected chi connectivity index (χ0v) is 23.5. The third-order valence-electron chi connectivity index (χ3n) is 7.88. The van der Waals surface area contributed by atoms with Crippen LogP contribution in [0.4, 0.5) is 14.6 Å². The number of anilines is 1. The van der Waals surface area contributed by atoms with E-state index < -0.39 is 17.4 Å². The van der Waals surface area contributed by atoms with Gasteiger partial charge >= 0.3 is 6.01 Å². The highest BCUT2D eigenvalue weighted by Crippen LogP contribution is 2.43. The Morgan fingerprint density at radius 3 is 2.67 bits per heavy atom. The van der Waals surface area contributed by atoms with E-state index in [-0.39, 0.29) is 51.7 Å². The van der Waals surface area contributed by atoms with E-state index in [2.05, 4.69) is 16.5 Å². The lowest BCUT2D eigenvalue weighted by Crippen LogP contribution is -2.58. The summed E-state index contributed by atoms with van der Waals surface area (Å²) in [6, 6.07) is 5.00. The maximum Gasteiger partial charge on any atom is 0.319 e. The summed E-state index contributed by atoms with van der Waals surface area (Å²) >= 11 is 6.56. The van der Waals surface area contributed by atoms with Gasteiger partial charge in [0.2, 0.25) is 5.91 Å². The monoisotopic (exact) mass is 571 g/mol. The second kappa shape index (κ2) is 11.2. The van der Waals surface area contributed by atoms with Crippen LogP contribution in [0, 0.1) is 11.6 Å². The zero-order chi connectivity index (χ0) is 28.7. The van der Waals surface area contributed by atoms with Crippen molar-refractivity contribution in [2.45, 2.75) is 44.8 Å². The Kier molecular flexibility index (Phi) is 7.83. The van der Waals surface area contributed by atoms with Gasteiger partial charge < -0.3 is 24.5 Å². The number of ether oxygens (including phenoxy) is 1. The lowest BCUT2D eigenvalue weighted by atomic mass is 10.0. The molecule has 3 heterocycles. The number of halogens is 3. The van der Waals surface area contributed by atoms with Crippen LogP contribution in [0.2, 0.25) is 5.02 Å².